The second kappa shape index (κ2) is 5.32. The molecule has 0 aliphatic carbocycles. The molecule has 2 aromatic carbocycles. The molecule has 25 heavy (non-hydrogen) atoms. The minimum atomic E-state index is 0.844. The van der Waals surface area contributed by atoms with Gasteiger partial charge in [-0.15, -0.1) is 0 Å². The van der Waals surface area contributed by atoms with E-state index in [4.69, 9.17) is 14.8 Å². The van der Waals surface area contributed by atoms with Gasteiger partial charge in [0.25, 0.3) is 0 Å². The summed E-state index contributed by atoms with van der Waals surface area (Å²) in [7, 11) is 1.68. The first kappa shape index (κ1) is 14.5. The normalized spacial score (nSPS) is 11.8. The van der Waals surface area contributed by atoms with Crippen LogP contribution in [0, 0.1) is 0 Å². The first-order chi connectivity index (χ1) is 12.3. The lowest BCUT2D eigenvalue weighted by atomic mass is 10.2. The number of imidazole rings is 1. The second-order valence-corrected chi connectivity index (χ2v) is 6.92. The molecule has 5 rings (SSSR count). The molecule has 0 saturated heterocycles. The monoisotopic (exact) mass is 348 g/mol. The summed E-state index contributed by atoms with van der Waals surface area (Å²) in [5, 5.41) is 7.00. The molecule has 124 valence electrons. The Kier molecular flexibility index (Phi) is 3.08. The van der Waals surface area contributed by atoms with E-state index in [1.54, 1.807) is 18.4 Å². The maximum absolute atomic E-state index is 5.30. The number of ether oxygens (including phenoxy) is 1. The van der Waals surface area contributed by atoms with Crippen LogP contribution in [0.4, 0.5) is 0 Å². The Morgan fingerprint density at radius 1 is 1.08 bits per heavy atom. The average molecular weight is 348 g/mol. The third-order valence-electron chi connectivity index (χ3n) is 4.47. The van der Waals surface area contributed by atoms with Gasteiger partial charge in [0, 0.05) is 11.1 Å². The maximum Gasteiger partial charge on any atom is 0.214 e. The van der Waals surface area contributed by atoms with Crippen molar-refractivity contribution in [3.63, 3.8) is 0 Å². The van der Waals surface area contributed by atoms with Gasteiger partial charge in [0.05, 0.1) is 12.6 Å². The van der Waals surface area contributed by atoms with Crippen LogP contribution in [-0.4, -0.2) is 26.3 Å². The minimum absolute atomic E-state index is 0.844. The van der Waals surface area contributed by atoms with Crippen LogP contribution in [0.2, 0.25) is 0 Å². The Bertz CT molecular complexity index is 1210. The van der Waals surface area contributed by atoms with Crippen molar-refractivity contribution in [2.75, 3.05) is 7.11 Å². The van der Waals surface area contributed by atoms with Crippen molar-refractivity contribution in [2.45, 2.75) is 13.3 Å². The van der Waals surface area contributed by atoms with Gasteiger partial charge in [-0.05, 0) is 36.8 Å². The van der Waals surface area contributed by atoms with Gasteiger partial charge < -0.3 is 4.74 Å². The number of hydrogen-bond donors (Lipinski definition) is 0. The van der Waals surface area contributed by atoms with Crippen LogP contribution in [-0.2, 0) is 6.42 Å². The Morgan fingerprint density at radius 3 is 2.64 bits per heavy atom. The number of benzene rings is 2. The molecule has 0 spiro atoms. The maximum atomic E-state index is 5.30. The number of rotatable bonds is 3. The second-order valence-electron chi connectivity index (χ2n) is 5.88. The fourth-order valence-corrected chi connectivity index (χ4v) is 4.11. The van der Waals surface area contributed by atoms with E-state index in [9.17, 15) is 0 Å². The Labute approximate surface area is 148 Å². The van der Waals surface area contributed by atoms with Crippen LogP contribution < -0.4 is 4.74 Å². The average Bonchev–Trinajstić information content (AvgIpc) is 3.30. The van der Waals surface area contributed by atoms with Gasteiger partial charge >= 0.3 is 0 Å². The fraction of sp³-hybridized carbons (Fsp3) is 0.158. The van der Waals surface area contributed by atoms with Gasteiger partial charge in [0.15, 0.2) is 5.65 Å². The highest BCUT2D eigenvalue weighted by Crippen LogP contribution is 2.33. The Hall–Kier alpha value is -2.86. The zero-order chi connectivity index (χ0) is 17.0. The zero-order valence-electron chi connectivity index (χ0n) is 13.9. The van der Waals surface area contributed by atoms with Crippen molar-refractivity contribution in [2.24, 2.45) is 0 Å². The molecule has 0 fully saturated rings. The molecule has 3 aromatic heterocycles. The molecular weight excluding hydrogens is 332 g/mol. The Morgan fingerprint density at radius 2 is 1.88 bits per heavy atom. The zero-order valence-corrected chi connectivity index (χ0v) is 14.7. The molecule has 0 atom stereocenters. The number of fused-ring (bicyclic) bond motifs is 5. The lowest BCUT2D eigenvalue weighted by Gasteiger charge is -2.08. The third-order valence-corrected chi connectivity index (χ3v) is 5.52. The molecule has 3 heterocycles. The van der Waals surface area contributed by atoms with Gasteiger partial charge in [-0.2, -0.15) is 9.61 Å². The van der Waals surface area contributed by atoms with Crippen molar-refractivity contribution in [1.82, 2.24) is 19.2 Å². The van der Waals surface area contributed by atoms with E-state index in [-0.39, 0.29) is 0 Å². The number of para-hydroxylation sites is 1. The van der Waals surface area contributed by atoms with Gasteiger partial charge in [-0.1, -0.05) is 36.5 Å². The highest BCUT2D eigenvalue weighted by molar-refractivity contribution is 7.16. The first-order valence-corrected chi connectivity index (χ1v) is 9.04. The standard InChI is InChI=1S/C19H16N4OS/c1-3-16-21-23-18-17(20-19(23)25-16)14-6-4-5-7-15(14)22(18)12-8-10-13(24-2)11-9-12/h4-11H,3H2,1-2H3. The van der Waals surface area contributed by atoms with Crippen LogP contribution in [0.3, 0.4) is 0 Å². The number of hydrogen-bond acceptors (Lipinski definition) is 4. The third kappa shape index (κ3) is 2.01. The highest BCUT2D eigenvalue weighted by Gasteiger charge is 2.20. The van der Waals surface area contributed by atoms with E-state index >= 15 is 0 Å². The van der Waals surface area contributed by atoms with E-state index in [0.717, 1.165) is 49.9 Å². The summed E-state index contributed by atoms with van der Waals surface area (Å²) < 4.78 is 9.50. The summed E-state index contributed by atoms with van der Waals surface area (Å²) in [6.07, 6.45) is 0.915. The van der Waals surface area contributed by atoms with Crippen molar-refractivity contribution in [3.8, 4) is 11.4 Å². The predicted molar refractivity (Wildman–Crippen MR) is 101 cm³/mol. The summed E-state index contributed by atoms with van der Waals surface area (Å²) >= 11 is 1.65. The van der Waals surface area contributed by atoms with Gasteiger partial charge in [-0.25, -0.2) is 4.98 Å². The topological polar surface area (TPSA) is 44.4 Å². The van der Waals surface area contributed by atoms with Crippen molar-refractivity contribution < 1.29 is 4.74 Å². The van der Waals surface area contributed by atoms with Crippen LogP contribution in [0.15, 0.2) is 48.5 Å². The predicted octanol–water partition coefficient (Wildman–Crippen LogP) is 4.46. The number of aryl methyl sites for hydroxylation is 1. The molecule has 6 heteroatoms. The van der Waals surface area contributed by atoms with E-state index in [1.165, 1.54) is 0 Å². The summed E-state index contributed by atoms with van der Waals surface area (Å²) in [4.78, 5) is 5.80. The van der Waals surface area contributed by atoms with Crippen molar-refractivity contribution in [1.29, 1.82) is 0 Å². The molecule has 0 radical (unpaired) electrons. The fourth-order valence-electron chi connectivity index (χ4n) is 3.28. The molecule has 5 aromatic rings. The summed E-state index contributed by atoms with van der Waals surface area (Å²) in [6.45, 7) is 2.12. The summed E-state index contributed by atoms with van der Waals surface area (Å²) in [5.74, 6) is 0.844. The van der Waals surface area contributed by atoms with Gasteiger partial charge in [0.2, 0.25) is 4.96 Å². The van der Waals surface area contributed by atoms with Crippen LogP contribution in [0.5, 0.6) is 5.75 Å². The largest absolute Gasteiger partial charge is 0.497 e. The molecular formula is C19H16N4OS. The quantitative estimate of drug-likeness (QED) is 0.483. The molecule has 0 aliphatic heterocycles. The number of methoxy groups -OCH3 is 1. The molecule has 0 amide bonds. The van der Waals surface area contributed by atoms with Crippen molar-refractivity contribution in [3.05, 3.63) is 53.5 Å². The van der Waals surface area contributed by atoms with E-state index in [2.05, 4.69) is 47.9 Å². The van der Waals surface area contributed by atoms with Crippen LogP contribution in [0.1, 0.15) is 11.9 Å². The van der Waals surface area contributed by atoms with Crippen LogP contribution in [0.25, 0.3) is 32.7 Å². The lowest BCUT2D eigenvalue weighted by Crippen LogP contribution is -1.98. The highest BCUT2D eigenvalue weighted by atomic mass is 32.1. The molecule has 0 saturated carbocycles. The molecule has 5 nitrogen and oxygen atoms in total. The van der Waals surface area contributed by atoms with Gasteiger partial charge in [-0.3, -0.25) is 4.57 Å². The van der Waals surface area contributed by atoms with Gasteiger partial charge in [0.1, 0.15) is 16.3 Å². The molecule has 0 unspecified atom stereocenters. The number of nitrogens with zero attached hydrogens (tertiary/aromatic N) is 4. The first-order valence-electron chi connectivity index (χ1n) is 8.22. The van der Waals surface area contributed by atoms with Crippen LogP contribution >= 0.6 is 11.3 Å². The Balaban J connectivity index is 1.92. The van der Waals surface area contributed by atoms with E-state index in [0.29, 0.717) is 0 Å². The SMILES string of the molecule is CCc1nn2c(nc3c4ccccc4n(-c4ccc(OC)cc4)c32)s1. The minimum Gasteiger partial charge on any atom is -0.497 e. The smallest absolute Gasteiger partial charge is 0.214 e. The summed E-state index contributed by atoms with van der Waals surface area (Å²) in [6, 6.07) is 16.4. The number of aromatic nitrogens is 4. The van der Waals surface area contributed by atoms with Crippen molar-refractivity contribution >= 4 is 38.4 Å². The molecule has 0 bridgehead atoms. The molecule has 0 aliphatic rings. The van der Waals surface area contributed by atoms with E-state index < -0.39 is 0 Å². The summed E-state index contributed by atoms with van der Waals surface area (Å²) in [5.41, 5.74) is 4.20. The molecule has 0 N–H and O–H groups in total. The lowest BCUT2D eigenvalue weighted by molar-refractivity contribution is 0.415. The van der Waals surface area contributed by atoms with E-state index in [1.807, 2.05) is 16.6 Å².